The average Bonchev–Trinajstić information content (AvgIpc) is 3.51. The maximum atomic E-state index is 13.6. The van der Waals surface area contributed by atoms with Crippen LogP contribution in [0.2, 0.25) is 0 Å². The van der Waals surface area contributed by atoms with Crippen LogP contribution in [-0.4, -0.2) is 73.0 Å². The van der Waals surface area contributed by atoms with E-state index in [1.54, 1.807) is 0 Å². The van der Waals surface area contributed by atoms with Gasteiger partial charge in [-0.2, -0.15) is 0 Å². The van der Waals surface area contributed by atoms with E-state index in [1.165, 1.54) is 7.11 Å². The zero-order valence-corrected chi connectivity index (χ0v) is 22.3. The Kier molecular flexibility index (Phi) is 8.14. The summed E-state index contributed by atoms with van der Waals surface area (Å²) in [6, 6.07) is 24.7. The standard InChI is InChI=1S/C31H33N3O6/c1-39-19-27(28(35)36)32-29(37)31(15-16-34(20-31)17-21-9-3-2-4-10-21)33-30(38)40-18-26-24-13-7-5-11-22(24)23-12-6-8-14-25(23)26/h2-14,26-27H,15-20H2,1H3,(H,32,37)(H,33,38)(H,35,36). The van der Waals surface area contributed by atoms with Crippen LogP contribution in [0.25, 0.3) is 11.1 Å². The van der Waals surface area contributed by atoms with Crippen LogP contribution >= 0.6 is 0 Å². The Morgan fingerprint density at radius 2 is 1.60 bits per heavy atom. The smallest absolute Gasteiger partial charge is 0.408 e. The number of hydrogen-bond acceptors (Lipinski definition) is 6. The van der Waals surface area contributed by atoms with Crippen molar-refractivity contribution in [2.45, 2.75) is 30.5 Å². The highest BCUT2D eigenvalue weighted by molar-refractivity contribution is 5.93. The van der Waals surface area contributed by atoms with E-state index in [1.807, 2.05) is 66.7 Å². The highest BCUT2D eigenvalue weighted by Gasteiger charge is 2.47. The molecular weight excluding hydrogens is 510 g/mol. The summed E-state index contributed by atoms with van der Waals surface area (Å²) in [5.41, 5.74) is 4.12. The summed E-state index contributed by atoms with van der Waals surface area (Å²) < 4.78 is 10.7. The van der Waals surface area contributed by atoms with E-state index in [0.717, 1.165) is 27.8 Å². The predicted molar refractivity (Wildman–Crippen MR) is 149 cm³/mol. The Bertz CT molecular complexity index is 1330. The van der Waals surface area contributed by atoms with Crippen molar-refractivity contribution < 1.29 is 29.0 Å². The van der Waals surface area contributed by atoms with E-state index < -0.39 is 29.6 Å². The zero-order valence-electron chi connectivity index (χ0n) is 22.3. The first-order chi connectivity index (χ1) is 19.4. The SMILES string of the molecule is COCC(NC(=O)C1(NC(=O)OCC2c3ccccc3-c3ccccc32)CCN(Cc2ccccc2)C1)C(=O)O. The first-order valence-corrected chi connectivity index (χ1v) is 13.3. The topological polar surface area (TPSA) is 117 Å². The molecule has 5 rings (SSSR count). The summed E-state index contributed by atoms with van der Waals surface area (Å²) in [4.78, 5) is 40.5. The van der Waals surface area contributed by atoms with Crippen molar-refractivity contribution >= 4 is 18.0 Å². The van der Waals surface area contributed by atoms with E-state index in [2.05, 4.69) is 27.7 Å². The number of methoxy groups -OCH3 is 1. The molecule has 9 nitrogen and oxygen atoms in total. The quantitative estimate of drug-likeness (QED) is 0.359. The summed E-state index contributed by atoms with van der Waals surface area (Å²) >= 11 is 0. The van der Waals surface area contributed by atoms with E-state index in [4.69, 9.17) is 9.47 Å². The molecule has 0 spiro atoms. The molecule has 0 saturated carbocycles. The number of carbonyl (C=O) groups is 3. The average molecular weight is 544 g/mol. The molecule has 9 heteroatoms. The lowest BCUT2D eigenvalue weighted by molar-refractivity contribution is -0.144. The Labute approximate surface area is 233 Å². The summed E-state index contributed by atoms with van der Waals surface area (Å²) in [5.74, 6) is -1.93. The maximum absolute atomic E-state index is 13.6. The second-order valence-electron chi connectivity index (χ2n) is 10.3. The molecule has 1 fully saturated rings. The monoisotopic (exact) mass is 543 g/mol. The maximum Gasteiger partial charge on any atom is 0.408 e. The molecule has 2 unspecified atom stereocenters. The molecule has 2 amide bonds. The number of ether oxygens (including phenoxy) is 2. The molecular formula is C31H33N3O6. The highest BCUT2D eigenvalue weighted by Crippen LogP contribution is 2.44. The number of rotatable bonds is 10. The van der Waals surface area contributed by atoms with Crippen molar-refractivity contribution in [1.29, 1.82) is 0 Å². The highest BCUT2D eigenvalue weighted by atomic mass is 16.5. The van der Waals surface area contributed by atoms with Gasteiger partial charge in [-0.05, 0) is 34.2 Å². The van der Waals surface area contributed by atoms with Gasteiger partial charge in [0.15, 0.2) is 6.04 Å². The Balaban J connectivity index is 1.31. The number of aliphatic carboxylic acids is 1. The Hall–Kier alpha value is -4.21. The van der Waals surface area contributed by atoms with Crippen LogP contribution < -0.4 is 10.6 Å². The van der Waals surface area contributed by atoms with Crippen molar-refractivity contribution in [3.63, 3.8) is 0 Å². The van der Waals surface area contributed by atoms with Gasteiger partial charge in [0.05, 0.1) is 6.61 Å². The summed E-state index contributed by atoms with van der Waals surface area (Å²) in [6.07, 6.45) is -0.424. The van der Waals surface area contributed by atoms with Gasteiger partial charge in [-0.25, -0.2) is 9.59 Å². The predicted octanol–water partition coefficient (Wildman–Crippen LogP) is 3.39. The molecule has 3 aromatic rings. The van der Waals surface area contributed by atoms with Crippen LogP contribution in [0.5, 0.6) is 0 Å². The summed E-state index contributed by atoms with van der Waals surface area (Å²) in [7, 11) is 1.37. The molecule has 3 N–H and O–H groups in total. The van der Waals surface area contributed by atoms with Gasteiger partial charge in [0.1, 0.15) is 12.1 Å². The van der Waals surface area contributed by atoms with Crippen molar-refractivity contribution in [2.75, 3.05) is 33.4 Å². The minimum absolute atomic E-state index is 0.104. The third kappa shape index (κ3) is 5.71. The molecule has 1 saturated heterocycles. The molecule has 2 aliphatic rings. The Morgan fingerprint density at radius 1 is 0.975 bits per heavy atom. The van der Waals surface area contributed by atoms with Gasteiger partial charge in [-0.1, -0.05) is 78.9 Å². The van der Waals surface area contributed by atoms with Crippen LogP contribution in [0.1, 0.15) is 29.0 Å². The number of likely N-dealkylation sites (tertiary alicyclic amines) is 1. The molecule has 208 valence electrons. The number of benzene rings is 3. The molecule has 1 aliphatic carbocycles. The second-order valence-corrected chi connectivity index (χ2v) is 10.3. The molecule has 0 aromatic heterocycles. The summed E-state index contributed by atoms with van der Waals surface area (Å²) in [6.45, 7) is 1.23. The van der Waals surface area contributed by atoms with Gasteiger partial charge in [-0.15, -0.1) is 0 Å². The minimum Gasteiger partial charge on any atom is -0.480 e. The molecule has 3 aromatic carbocycles. The third-order valence-electron chi connectivity index (χ3n) is 7.65. The van der Waals surface area contributed by atoms with Crippen molar-refractivity contribution in [1.82, 2.24) is 15.5 Å². The number of carboxylic acids is 1. The number of nitrogens with zero attached hydrogens (tertiary/aromatic N) is 1. The second kappa shape index (κ2) is 11.9. The Morgan fingerprint density at radius 3 is 2.23 bits per heavy atom. The third-order valence-corrected chi connectivity index (χ3v) is 7.65. The molecule has 2 atom stereocenters. The van der Waals surface area contributed by atoms with Crippen LogP contribution in [0.15, 0.2) is 78.9 Å². The van der Waals surface area contributed by atoms with Crippen molar-refractivity contribution in [3.05, 3.63) is 95.6 Å². The number of nitrogens with one attached hydrogen (secondary N) is 2. The number of hydrogen-bond donors (Lipinski definition) is 3. The lowest BCUT2D eigenvalue weighted by Crippen LogP contribution is -2.63. The van der Waals surface area contributed by atoms with Gasteiger partial charge in [0, 0.05) is 32.7 Å². The lowest BCUT2D eigenvalue weighted by Gasteiger charge is -2.30. The van der Waals surface area contributed by atoms with E-state index >= 15 is 0 Å². The molecule has 1 aliphatic heterocycles. The van der Waals surface area contributed by atoms with Crippen molar-refractivity contribution in [3.8, 4) is 11.1 Å². The number of carboxylic acid groups (broad SMARTS) is 1. The van der Waals surface area contributed by atoms with Crippen LogP contribution in [0.3, 0.4) is 0 Å². The van der Waals surface area contributed by atoms with Crippen LogP contribution in [0.4, 0.5) is 4.79 Å². The summed E-state index contributed by atoms with van der Waals surface area (Å²) in [5, 5.41) is 14.9. The minimum atomic E-state index is -1.36. The van der Waals surface area contributed by atoms with Gasteiger partial charge < -0.3 is 25.2 Å². The van der Waals surface area contributed by atoms with Crippen LogP contribution in [-0.2, 0) is 25.6 Å². The van der Waals surface area contributed by atoms with Gasteiger partial charge in [-0.3, -0.25) is 9.69 Å². The van der Waals surface area contributed by atoms with Gasteiger partial charge in [0.2, 0.25) is 5.91 Å². The van der Waals surface area contributed by atoms with Crippen LogP contribution in [0, 0.1) is 0 Å². The van der Waals surface area contributed by atoms with Gasteiger partial charge >= 0.3 is 12.1 Å². The van der Waals surface area contributed by atoms with E-state index in [9.17, 15) is 19.5 Å². The fourth-order valence-corrected chi connectivity index (χ4v) is 5.68. The molecule has 0 bridgehead atoms. The normalized spacial score (nSPS) is 18.9. The lowest BCUT2D eigenvalue weighted by atomic mass is 9.96. The fourth-order valence-electron chi connectivity index (χ4n) is 5.68. The number of amides is 2. The largest absolute Gasteiger partial charge is 0.480 e. The first kappa shape index (κ1) is 27.4. The fraction of sp³-hybridized carbons (Fsp3) is 0.323. The number of carbonyl (C=O) groups excluding carboxylic acids is 2. The van der Waals surface area contributed by atoms with E-state index in [-0.39, 0.29) is 25.7 Å². The number of fused-ring (bicyclic) bond motifs is 3. The van der Waals surface area contributed by atoms with Gasteiger partial charge in [0.25, 0.3) is 0 Å². The molecule has 1 heterocycles. The zero-order chi connectivity index (χ0) is 28.1. The van der Waals surface area contributed by atoms with Crippen molar-refractivity contribution in [2.24, 2.45) is 0 Å². The molecule has 40 heavy (non-hydrogen) atoms. The first-order valence-electron chi connectivity index (χ1n) is 13.3. The number of alkyl carbamates (subject to hydrolysis) is 1. The molecule has 0 radical (unpaired) electrons. The van der Waals surface area contributed by atoms with E-state index in [0.29, 0.717) is 19.5 Å².